The van der Waals surface area contributed by atoms with Crippen LogP contribution in [0.25, 0.3) is 15.3 Å². The first-order valence-electron chi connectivity index (χ1n) is 9.62. The van der Waals surface area contributed by atoms with E-state index in [2.05, 4.69) is 15.4 Å². The van der Waals surface area contributed by atoms with E-state index < -0.39 is 0 Å². The zero-order chi connectivity index (χ0) is 20.9. The van der Waals surface area contributed by atoms with Gasteiger partial charge < -0.3 is 24.3 Å². The molecule has 2 aliphatic rings. The summed E-state index contributed by atoms with van der Waals surface area (Å²) in [7, 11) is 0. The van der Waals surface area contributed by atoms with Crippen molar-refractivity contribution in [3.05, 3.63) is 47.7 Å². The molecule has 2 aromatic carbocycles. The van der Waals surface area contributed by atoms with E-state index in [1.807, 2.05) is 19.1 Å². The lowest BCUT2D eigenvalue weighted by molar-refractivity contribution is 0.102. The smallest absolute Gasteiger partial charge is 0.256 e. The number of aryl methyl sites for hydroxylation is 1. The fourth-order valence-electron chi connectivity index (χ4n) is 3.50. The monoisotopic (exact) mass is 436 g/mol. The largest absolute Gasteiger partial charge is 0.486 e. The van der Waals surface area contributed by atoms with Crippen LogP contribution in [0.15, 0.2) is 36.4 Å². The molecule has 2 aliphatic heterocycles. The van der Waals surface area contributed by atoms with Crippen molar-refractivity contribution in [1.29, 1.82) is 0 Å². The number of hydrogen-bond acceptors (Lipinski definition) is 8. The maximum atomic E-state index is 12.9. The summed E-state index contributed by atoms with van der Waals surface area (Å²) in [6.45, 7) is 3.04. The van der Waals surface area contributed by atoms with Crippen molar-refractivity contribution in [3.63, 3.8) is 0 Å². The van der Waals surface area contributed by atoms with Crippen molar-refractivity contribution in [2.24, 2.45) is 0 Å². The summed E-state index contributed by atoms with van der Waals surface area (Å²) in [6, 6.07) is 10.7. The highest BCUT2D eigenvalue weighted by Crippen LogP contribution is 2.39. The van der Waals surface area contributed by atoms with Crippen molar-refractivity contribution in [2.45, 2.75) is 6.92 Å². The number of amides is 1. The van der Waals surface area contributed by atoms with Crippen LogP contribution in [0.1, 0.15) is 16.1 Å². The van der Waals surface area contributed by atoms with Gasteiger partial charge in [-0.05, 0) is 25.1 Å². The Morgan fingerprint density at radius 2 is 1.77 bits per heavy atom. The summed E-state index contributed by atoms with van der Waals surface area (Å²) in [5.41, 5.74) is 2.00. The maximum absolute atomic E-state index is 12.9. The standard InChI is InChI=1S/C21H16N4O5S/c1-11-6-19(23-20(26)12-2-3-14-15(7-12)28-5-4-27-14)25(24-11)21-22-13-8-16-17(30-10-29-16)9-18(13)31-21/h2-3,6-9H,4-5,10H2,1H3,(H,23,26). The van der Waals surface area contributed by atoms with E-state index in [1.165, 1.54) is 11.3 Å². The van der Waals surface area contributed by atoms with E-state index >= 15 is 0 Å². The van der Waals surface area contributed by atoms with Gasteiger partial charge in [-0.25, -0.2) is 4.98 Å². The zero-order valence-electron chi connectivity index (χ0n) is 16.4. The summed E-state index contributed by atoms with van der Waals surface area (Å²) < 4.78 is 24.5. The second kappa shape index (κ2) is 6.88. The molecule has 0 aliphatic carbocycles. The quantitative estimate of drug-likeness (QED) is 0.525. The van der Waals surface area contributed by atoms with E-state index in [0.717, 1.165) is 15.9 Å². The first-order valence-corrected chi connectivity index (χ1v) is 10.4. The number of fused-ring (bicyclic) bond motifs is 3. The first-order chi connectivity index (χ1) is 15.1. The van der Waals surface area contributed by atoms with Crippen LogP contribution in [0.2, 0.25) is 0 Å². The van der Waals surface area contributed by atoms with Crippen LogP contribution in [-0.2, 0) is 0 Å². The lowest BCUT2D eigenvalue weighted by Gasteiger charge is -2.18. The number of hydrogen-bond donors (Lipinski definition) is 1. The summed E-state index contributed by atoms with van der Waals surface area (Å²) in [5.74, 6) is 2.82. The third-order valence-corrected chi connectivity index (χ3v) is 5.92. The minimum Gasteiger partial charge on any atom is -0.486 e. The highest BCUT2D eigenvalue weighted by Gasteiger charge is 2.20. The predicted molar refractivity (Wildman–Crippen MR) is 113 cm³/mol. The van der Waals surface area contributed by atoms with E-state index in [-0.39, 0.29) is 12.7 Å². The molecule has 0 fully saturated rings. The topological polar surface area (TPSA) is 96.7 Å². The van der Waals surface area contributed by atoms with Crippen LogP contribution in [0.5, 0.6) is 23.0 Å². The van der Waals surface area contributed by atoms with Gasteiger partial charge in [-0.3, -0.25) is 4.79 Å². The molecule has 4 heterocycles. The molecular formula is C21H16N4O5S. The van der Waals surface area contributed by atoms with Crippen LogP contribution >= 0.6 is 11.3 Å². The molecule has 0 saturated carbocycles. The lowest BCUT2D eigenvalue weighted by Crippen LogP contribution is -2.18. The molecule has 1 amide bonds. The summed E-state index contributed by atoms with van der Waals surface area (Å²) in [6.07, 6.45) is 0. The van der Waals surface area contributed by atoms with Gasteiger partial charge in [-0.15, -0.1) is 0 Å². The molecule has 2 aromatic heterocycles. The fourth-order valence-corrected chi connectivity index (χ4v) is 4.45. The van der Waals surface area contributed by atoms with Crippen LogP contribution in [0, 0.1) is 6.92 Å². The molecule has 6 rings (SSSR count). The Bertz CT molecular complexity index is 1300. The van der Waals surface area contributed by atoms with Gasteiger partial charge >= 0.3 is 0 Å². The van der Waals surface area contributed by atoms with Crippen LogP contribution < -0.4 is 24.3 Å². The van der Waals surface area contributed by atoms with Gasteiger partial charge in [0, 0.05) is 23.8 Å². The Labute approximate surface area is 180 Å². The minimum atomic E-state index is -0.278. The number of aromatic nitrogens is 3. The van der Waals surface area contributed by atoms with Gasteiger partial charge in [0.05, 0.1) is 15.9 Å². The molecule has 1 N–H and O–H groups in total. The molecule has 9 nitrogen and oxygen atoms in total. The van der Waals surface area contributed by atoms with Crippen molar-refractivity contribution in [3.8, 4) is 28.1 Å². The highest BCUT2D eigenvalue weighted by atomic mass is 32.1. The summed E-state index contributed by atoms with van der Waals surface area (Å²) >= 11 is 1.45. The molecule has 4 aromatic rings. The van der Waals surface area contributed by atoms with Gasteiger partial charge in [0.2, 0.25) is 11.9 Å². The van der Waals surface area contributed by atoms with Crippen molar-refractivity contribution >= 4 is 33.3 Å². The Hall–Kier alpha value is -3.79. The van der Waals surface area contributed by atoms with Crippen LogP contribution in [0.4, 0.5) is 5.82 Å². The highest BCUT2D eigenvalue weighted by molar-refractivity contribution is 7.20. The molecular weight excluding hydrogens is 420 g/mol. The van der Waals surface area contributed by atoms with Gasteiger partial charge in [0.15, 0.2) is 23.0 Å². The van der Waals surface area contributed by atoms with Crippen LogP contribution in [-0.4, -0.2) is 40.7 Å². The van der Waals surface area contributed by atoms with Crippen molar-refractivity contribution in [1.82, 2.24) is 14.8 Å². The number of rotatable bonds is 3. The number of anilines is 1. The minimum absolute atomic E-state index is 0.216. The maximum Gasteiger partial charge on any atom is 0.256 e. The number of carbonyl (C=O) groups excluding carboxylic acids is 1. The van der Waals surface area contributed by atoms with Gasteiger partial charge in [-0.1, -0.05) is 11.3 Å². The Kier molecular flexibility index (Phi) is 4.00. The summed E-state index contributed by atoms with van der Waals surface area (Å²) in [5, 5.41) is 8.07. The number of ether oxygens (including phenoxy) is 4. The molecule has 0 unspecified atom stereocenters. The van der Waals surface area contributed by atoms with Crippen molar-refractivity contribution in [2.75, 3.05) is 25.3 Å². The Morgan fingerprint density at radius 1 is 1.00 bits per heavy atom. The SMILES string of the molecule is Cc1cc(NC(=O)c2ccc3c(c2)OCCO3)n(-c2nc3cc4c(cc3s2)OCO4)n1. The normalized spacial score (nSPS) is 14.1. The van der Waals surface area contributed by atoms with E-state index in [1.54, 1.807) is 28.9 Å². The van der Waals surface area contributed by atoms with Gasteiger partial charge in [0.1, 0.15) is 19.0 Å². The van der Waals surface area contributed by atoms with Gasteiger partial charge in [-0.2, -0.15) is 9.78 Å². The third-order valence-electron chi connectivity index (χ3n) is 4.93. The zero-order valence-corrected chi connectivity index (χ0v) is 17.2. The molecule has 156 valence electrons. The first kappa shape index (κ1) is 18.0. The number of nitrogens with one attached hydrogen (secondary N) is 1. The Balaban J connectivity index is 1.32. The van der Waals surface area contributed by atoms with Crippen molar-refractivity contribution < 1.29 is 23.7 Å². The van der Waals surface area contributed by atoms with E-state index in [9.17, 15) is 4.79 Å². The molecule has 31 heavy (non-hydrogen) atoms. The second-order valence-corrected chi connectivity index (χ2v) is 8.07. The van der Waals surface area contributed by atoms with Gasteiger partial charge in [0.25, 0.3) is 5.91 Å². The molecule has 0 bridgehead atoms. The number of benzene rings is 2. The average Bonchev–Trinajstić information content (AvgIpc) is 3.49. The molecule has 0 atom stereocenters. The summed E-state index contributed by atoms with van der Waals surface area (Å²) in [4.78, 5) is 17.6. The fraction of sp³-hybridized carbons (Fsp3) is 0.190. The second-order valence-electron chi connectivity index (χ2n) is 7.06. The number of carbonyl (C=O) groups is 1. The molecule has 10 heteroatoms. The Morgan fingerprint density at radius 3 is 2.65 bits per heavy atom. The number of thiazole rings is 1. The lowest BCUT2D eigenvalue weighted by atomic mass is 10.2. The molecule has 0 radical (unpaired) electrons. The molecule has 0 saturated heterocycles. The van der Waals surface area contributed by atoms with Crippen LogP contribution in [0.3, 0.4) is 0 Å². The van der Waals surface area contributed by atoms with E-state index in [4.69, 9.17) is 18.9 Å². The third kappa shape index (κ3) is 3.12. The number of nitrogens with zero attached hydrogens (tertiary/aromatic N) is 3. The molecule has 0 spiro atoms. The van der Waals surface area contributed by atoms with E-state index in [0.29, 0.717) is 52.7 Å². The average molecular weight is 436 g/mol. The predicted octanol–water partition coefficient (Wildman–Crippen LogP) is 3.54.